The molecule has 19 heavy (non-hydrogen) atoms. The molecule has 102 valence electrons. The fourth-order valence-corrected chi connectivity index (χ4v) is 2.51. The molecule has 7 nitrogen and oxygen atoms in total. The molecular weight excluding hydrogens is 270 g/mol. The van der Waals surface area contributed by atoms with Crippen molar-refractivity contribution >= 4 is 21.5 Å². The van der Waals surface area contributed by atoms with Crippen LogP contribution in [0, 0.1) is 6.92 Å². The molecule has 1 aromatic carbocycles. The minimum absolute atomic E-state index is 0.0199. The number of aromatic nitrogens is 1. The van der Waals surface area contributed by atoms with Crippen LogP contribution in [0.2, 0.25) is 0 Å². The summed E-state index contributed by atoms with van der Waals surface area (Å²) in [5, 5.41) is 3.56. The lowest BCUT2D eigenvalue weighted by atomic mass is 10.3. The number of nitrogens with zero attached hydrogens (tertiary/aromatic N) is 1. The Morgan fingerprint density at radius 3 is 2.63 bits per heavy atom. The zero-order chi connectivity index (χ0) is 14.0. The number of benzene rings is 1. The van der Waals surface area contributed by atoms with Gasteiger partial charge in [0.1, 0.15) is 11.5 Å². The minimum Gasteiger partial charge on any atom is -0.495 e. The summed E-state index contributed by atoms with van der Waals surface area (Å²) in [7, 11) is -2.30. The van der Waals surface area contributed by atoms with E-state index in [1.165, 1.54) is 31.4 Å². The van der Waals surface area contributed by atoms with Crippen LogP contribution in [-0.4, -0.2) is 20.7 Å². The molecule has 0 aliphatic rings. The van der Waals surface area contributed by atoms with E-state index in [1.54, 1.807) is 6.92 Å². The molecule has 1 aromatic heterocycles. The number of aryl methyl sites for hydroxylation is 1. The third-order valence-electron chi connectivity index (χ3n) is 2.38. The van der Waals surface area contributed by atoms with E-state index in [9.17, 15) is 8.42 Å². The van der Waals surface area contributed by atoms with E-state index in [4.69, 9.17) is 15.0 Å². The van der Waals surface area contributed by atoms with Gasteiger partial charge in [0.25, 0.3) is 10.0 Å². The van der Waals surface area contributed by atoms with Crippen molar-refractivity contribution in [3.8, 4) is 5.75 Å². The lowest BCUT2D eigenvalue weighted by Crippen LogP contribution is -2.13. The van der Waals surface area contributed by atoms with Gasteiger partial charge in [-0.1, -0.05) is 5.16 Å². The number of rotatable bonds is 4. The Morgan fingerprint density at radius 1 is 1.37 bits per heavy atom. The maximum absolute atomic E-state index is 12.1. The molecule has 3 N–H and O–H groups in total. The summed E-state index contributed by atoms with van der Waals surface area (Å²) in [5.41, 5.74) is 5.91. The van der Waals surface area contributed by atoms with Gasteiger partial charge in [-0.2, -0.15) is 0 Å². The molecule has 0 fully saturated rings. The molecule has 0 bridgehead atoms. The van der Waals surface area contributed by atoms with Crippen LogP contribution in [0.3, 0.4) is 0 Å². The fourth-order valence-electron chi connectivity index (χ4n) is 1.49. The Bertz CT molecular complexity index is 694. The molecule has 2 rings (SSSR count). The average molecular weight is 283 g/mol. The van der Waals surface area contributed by atoms with Crippen molar-refractivity contribution in [3.63, 3.8) is 0 Å². The highest BCUT2D eigenvalue weighted by Gasteiger charge is 2.17. The number of nitrogens with one attached hydrogen (secondary N) is 1. The summed E-state index contributed by atoms with van der Waals surface area (Å²) in [5.74, 6) is 1.04. The van der Waals surface area contributed by atoms with Gasteiger partial charge in [0.2, 0.25) is 0 Å². The third-order valence-corrected chi connectivity index (χ3v) is 3.73. The van der Waals surface area contributed by atoms with E-state index < -0.39 is 10.0 Å². The molecule has 0 atom stereocenters. The Morgan fingerprint density at radius 2 is 2.11 bits per heavy atom. The molecule has 0 unspecified atom stereocenters. The summed E-state index contributed by atoms with van der Waals surface area (Å²) in [6.07, 6.45) is 0. The Balaban J connectivity index is 2.31. The first kappa shape index (κ1) is 13.2. The van der Waals surface area contributed by atoms with Crippen molar-refractivity contribution in [3.05, 3.63) is 30.0 Å². The predicted molar refractivity (Wildman–Crippen MR) is 69.5 cm³/mol. The normalized spacial score (nSPS) is 11.3. The van der Waals surface area contributed by atoms with Crippen LogP contribution in [0.4, 0.5) is 11.5 Å². The number of hydrogen-bond donors (Lipinski definition) is 2. The van der Waals surface area contributed by atoms with E-state index in [-0.39, 0.29) is 16.4 Å². The summed E-state index contributed by atoms with van der Waals surface area (Å²) in [6.45, 7) is 1.66. The molecular formula is C11H13N3O4S. The maximum Gasteiger partial charge on any atom is 0.263 e. The highest BCUT2D eigenvalue weighted by atomic mass is 32.2. The SMILES string of the molecule is COc1ccc(S(=O)(=O)Nc2cc(C)on2)cc1N. The molecule has 8 heteroatoms. The van der Waals surface area contributed by atoms with E-state index in [1.807, 2.05) is 0 Å². The second-order valence-corrected chi connectivity index (χ2v) is 5.51. The summed E-state index contributed by atoms with van der Waals surface area (Å²) in [4.78, 5) is 0.0199. The van der Waals surface area contributed by atoms with Crippen LogP contribution in [0.25, 0.3) is 0 Å². The fraction of sp³-hybridized carbons (Fsp3) is 0.182. The van der Waals surface area contributed by atoms with Gasteiger partial charge < -0.3 is 15.0 Å². The number of methoxy groups -OCH3 is 1. The first-order chi connectivity index (χ1) is 8.92. The lowest BCUT2D eigenvalue weighted by molar-refractivity contribution is 0.400. The van der Waals surface area contributed by atoms with Crippen molar-refractivity contribution in [2.75, 3.05) is 17.6 Å². The van der Waals surface area contributed by atoms with Crippen LogP contribution in [0.5, 0.6) is 5.75 Å². The van der Waals surface area contributed by atoms with Crippen molar-refractivity contribution in [1.29, 1.82) is 0 Å². The molecule has 0 spiro atoms. The molecule has 0 saturated carbocycles. The van der Waals surface area contributed by atoms with Crippen molar-refractivity contribution < 1.29 is 17.7 Å². The molecule has 0 saturated heterocycles. The number of sulfonamides is 1. The quantitative estimate of drug-likeness (QED) is 0.821. The molecule has 0 aliphatic carbocycles. The molecule has 0 amide bonds. The topological polar surface area (TPSA) is 107 Å². The van der Waals surface area contributed by atoms with E-state index >= 15 is 0 Å². The first-order valence-corrected chi connectivity index (χ1v) is 6.80. The standard InChI is InChI=1S/C11H13N3O4S/c1-7-5-11(13-18-7)14-19(15,16)8-3-4-10(17-2)9(12)6-8/h3-6H,12H2,1-2H3,(H,13,14). The van der Waals surface area contributed by atoms with Crippen molar-refractivity contribution in [2.24, 2.45) is 0 Å². The number of hydrogen-bond acceptors (Lipinski definition) is 6. The predicted octanol–water partition coefficient (Wildman–Crippen LogP) is 1.37. The third kappa shape index (κ3) is 2.79. The van der Waals surface area contributed by atoms with Crippen LogP contribution in [0.1, 0.15) is 5.76 Å². The second-order valence-electron chi connectivity index (χ2n) is 3.83. The minimum atomic E-state index is -3.76. The summed E-state index contributed by atoms with van der Waals surface area (Å²) >= 11 is 0. The largest absolute Gasteiger partial charge is 0.495 e. The van der Waals surface area contributed by atoms with Crippen LogP contribution in [-0.2, 0) is 10.0 Å². The number of anilines is 2. The highest BCUT2D eigenvalue weighted by Crippen LogP contribution is 2.25. The highest BCUT2D eigenvalue weighted by molar-refractivity contribution is 7.92. The zero-order valence-corrected chi connectivity index (χ0v) is 11.2. The number of nitrogens with two attached hydrogens (primary N) is 1. The van der Waals surface area contributed by atoms with Gasteiger partial charge in [0.05, 0.1) is 17.7 Å². The van der Waals surface area contributed by atoms with Gasteiger partial charge in [-0.3, -0.25) is 4.72 Å². The Labute approximate surface area is 110 Å². The molecule has 2 aromatic rings. The van der Waals surface area contributed by atoms with E-state index in [0.717, 1.165) is 0 Å². The van der Waals surface area contributed by atoms with Gasteiger partial charge in [0.15, 0.2) is 5.82 Å². The van der Waals surface area contributed by atoms with Crippen molar-refractivity contribution in [1.82, 2.24) is 5.16 Å². The molecule has 1 heterocycles. The number of nitrogen functional groups attached to an aromatic ring is 1. The summed E-state index contributed by atoms with van der Waals surface area (Å²) < 4.78 is 36.2. The van der Waals surface area contributed by atoms with Gasteiger partial charge in [-0.15, -0.1) is 0 Å². The van der Waals surface area contributed by atoms with Crippen LogP contribution >= 0.6 is 0 Å². The van der Waals surface area contributed by atoms with Gasteiger partial charge in [-0.05, 0) is 25.1 Å². The van der Waals surface area contributed by atoms with Gasteiger partial charge in [-0.25, -0.2) is 8.42 Å². The second kappa shape index (κ2) is 4.81. The van der Waals surface area contributed by atoms with Crippen LogP contribution in [0.15, 0.2) is 33.7 Å². The average Bonchev–Trinajstić information content (AvgIpc) is 2.73. The van der Waals surface area contributed by atoms with Gasteiger partial charge >= 0.3 is 0 Å². The Hall–Kier alpha value is -2.22. The monoisotopic (exact) mass is 283 g/mol. The smallest absolute Gasteiger partial charge is 0.263 e. The number of ether oxygens (including phenoxy) is 1. The summed E-state index contributed by atoms with van der Waals surface area (Å²) in [6, 6.07) is 5.67. The zero-order valence-electron chi connectivity index (χ0n) is 10.4. The molecule has 0 aliphatic heterocycles. The van der Waals surface area contributed by atoms with E-state index in [0.29, 0.717) is 11.5 Å². The molecule has 0 radical (unpaired) electrons. The van der Waals surface area contributed by atoms with Crippen LogP contribution < -0.4 is 15.2 Å². The first-order valence-electron chi connectivity index (χ1n) is 5.32. The maximum atomic E-state index is 12.1. The van der Waals surface area contributed by atoms with Crippen molar-refractivity contribution in [2.45, 2.75) is 11.8 Å². The Kier molecular flexibility index (Phi) is 3.34. The lowest BCUT2D eigenvalue weighted by Gasteiger charge is -2.08. The van der Waals surface area contributed by atoms with E-state index in [2.05, 4.69) is 9.88 Å². The van der Waals surface area contributed by atoms with Gasteiger partial charge in [0, 0.05) is 6.07 Å².